The smallest absolute Gasteiger partial charge is 0.125 e. The topological polar surface area (TPSA) is 29.5 Å². The van der Waals surface area contributed by atoms with E-state index in [0.29, 0.717) is 6.10 Å². The zero-order chi connectivity index (χ0) is 13.7. The molecule has 1 aromatic carbocycles. The van der Waals surface area contributed by atoms with Crippen LogP contribution in [0.3, 0.4) is 0 Å². The van der Waals surface area contributed by atoms with E-state index in [1.54, 1.807) is 0 Å². The van der Waals surface area contributed by atoms with Crippen molar-refractivity contribution in [3.8, 4) is 5.75 Å². The second kappa shape index (κ2) is 6.95. The predicted octanol–water partition coefficient (Wildman–Crippen LogP) is 4.48. The first-order valence-corrected chi connectivity index (χ1v) is 7.68. The Bertz CT molecular complexity index is 389. The van der Waals surface area contributed by atoms with Crippen LogP contribution < -0.4 is 4.74 Å². The van der Waals surface area contributed by atoms with E-state index >= 15 is 0 Å². The first kappa shape index (κ1) is 14.4. The lowest BCUT2D eigenvalue weighted by molar-refractivity contribution is 0.112. The Labute approximate surface area is 116 Å². The maximum Gasteiger partial charge on any atom is 0.125 e. The Hall–Kier alpha value is -1.02. The Balaban J connectivity index is 2.06. The van der Waals surface area contributed by atoms with E-state index in [0.717, 1.165) is 36.5 Å². The van der Waals surface area contributed by atoms with Gasteiger partial charge in [0.25, 0.3) is 0 Å². The fraction of sp³-hybridized carbons (Fsp3) is 0.647. The highest BCUT2D eigenvalue weighted by atomic mass is 16.5. The standard InChI is InChI=1S/C17H26O2/c1-3-13-8-7-9-14(12-13)19-17-11-6-5-10-15(17)16(18)4-2/h5-6,10-11,13-14,16,18H,3-4,7-9,12H2,1-2H3/t13?,14?,16-/m0/s1. The fourth-order valence-corrected chi connectivity index (χ4v) is 2.98. The molecule has 1 saturated carbocycles. The van der Waals surface area contributed by atoms with Crippen LogP contribution in [0.2, 0.25) is 0 Å². The van der Waals surface area contributed by atoms with Gasteiger partial charge in [-0.2, -0.15) is 0 Å². The molecule has 0 aromatic heterocycles. The molecule has 2 heteroatoms. The van der Waals surface area contributed by atoms with Gasteiger partial charge >= 0.3 is 0 Å². The molecular formula is C17H26O2. The van der Waals surface area contributed by atoms with Crippen molar-refractivity contribution in [2.45, 2.75) is 64.6 Å². The molecular weight excluding hydrogens is 236 g/mol. The summed E-state index contributed by atoms with van der Waals surface area (Å²) < 4.78 is 6.18. The summed E-state index contributed by atoms with van der Waals surface area (Å²) in [5.41, 5.74) is 0.934. The Morgan fingerprint density at radius 2 is 2.05 bits per heavy atom. The Kier molecular flexibility index (Phi) is 5.26. The molecule has 0 bridgehead atoms. The highest BCUT2D eigenvalue weighted by Crippen LogP contribution is 2.33. The number of benzene rings is 1. The van der Waals surface area contributed by atoms with Crippen LogP contribution in [0.15, 0.2) is 24.3 Å². The third kappa shape index (κ3) is 3.73. The first-order valence-electron chi connectivity index (χ1n) is 7.68. The summed E-state index contributed by atoms with van der Waals surface area (Å²) in [6.45, 7) is 4.26. The van der Waals surface area contributed by atoms with E-state index in [1.807, 2.05) is 31.2 Å². The maximum atomic E-state index is 10.1. The van der Waals surface area contributed by atoms with Crippen LogP contribution >= 0.6 is 0 Å². The monoisotopic (exact) mass is 262 g/mol. The van der Waals surface area contributed by atoms with Crippen LogP contribution in [0.25, 0.3) is 0 Å². The van der Waals surface area contributed by atoms with Crippen molar-refractivity contribution in [1.82, 2.24) is 0 Å². The number of ether oxygens (including phenoxy) is 1. The number of rotatable bonds is 5. The highest BCUT2D eigenvalue weighted by molar-refractivity contribution is 5.35. The third-order valence-corrected chi connectivity index (χ3v) is 4.27. The molecule has 0 aliphatic heterocycles. The summed E-state index contributed by atoms with van der Waals surface area (Å²) in [6, 6.07) is 7.92. The summed E-state index contributed by atoms with van der Waals surface area (Å²) >= 11 is 0. The third-order valence-electron chi connectivity index (χ3n) is 4.27. The molecule has 0 saturated heterocycles. The van der Waals surface area contributed by atoms with Crippen LogP contribution in [0.5, 0.6) is 5.75 Å². The van der Waals surface area contributed by atoms with Crippen LogP contribution in [-0.2, 0) is 0 Å². The average Bonchev–Trinajstić information content (AvgIpc) is 2.47. The van der Waals surface area contributed by atoms with Gasteiger partial charge < -0.3 is 9.84 Å². The molecule has 1 aliphatic rings. The lowest BCUT2D eigenvalue weighted by Gasteiger charge is -2.30. The van der Waals surface area contributed by atoms with Gasteiger partial charge in [-0.05, 0) is 37.7 Å². The maximum absolute atomic E-state index is 10.1. The summed E-state index contributed by atoms with van der Waals surface area (Å²) in [5.74, 6) is 1.68. The van der Waals surface area contributed by atoms with E-state index in [4.69, 9.17) is 4.74 Å². The molecule has 0 spiro atoms. The molecule has 3 atom stereocenters. The predicted molar refractivity (Wildman–Crippen MR) is 78.4 cm³/mol. The SMILES string of the molecule is CCC1CCCC(Oc2ccccc2[C@@H](O)CC)C1. The molecule has 0 heterocycles. The van der Waals surface area contributed by atoms with Crippen LogP contribution in [0, 0.1) is 5.92 Å². The van der Waals surface area contributed by atoms with Gasteiger partial charge in [0.05, 0.1) is 12.2 Å². The van der Waals surface area contributed by atoms with Gasteiger partial charge in [0.2, 0.25) is 0 Å². The minimum atomic E-state index is -0.415. The minimum Gasteiger partial charge on any atom is -0.490 e. The lowest BCUT2D eigenvalue weighted by Crippen LogP contribution is -2.25. The molecule has 2 nitrogen and oxygen atoms in total. The number of hydrogen-bond donors (Lipinski definition) is 1. The molecule has 0 radical (unpaired) electrons. The number of aliphatic hydroxyl groups excluding tert-OH is 1. The quantitative estimate of drug-likeness (QED) is 0.848. The van der Waals surface area contributed by atoms with Crippen molar-refractivity contribution < 1.29 is 9.84 Å². The van der Waals surface area contributed by atoms with Crippen molar-refractivity contribution in [2.24, 2.45) is 5.92 Å². The number of hydrogen-bond acceptors (Lipinski definition) is 2. The summed E-state index contributed by atoms with van der Waals surface area (Å²) in [6.07, 6.45) is 6.80. The van der Waals surface area contributed by atoms with Gasteiger partial charge in [-0.15, -0.1) is 0 Å². The number of aliphatic hydroxyl groups is 1. The zero-order valence-electron chi connectivity index (χ0n) is 12.1. The number of para-hydroxylation sites is 1. The van der Waals surface area contributed by atoms with E-state index in [1.165, 1.54) is 19.3 Å². The van der Waals surface area contributed by atoms with Crippen LogP contribution in [0.1, 0.15) is 64.0 Å². The van der Waals surface area contributed by atoms with E-state index in [2.05, 4.69) is 6.92 Å². The second-order valence-corrected chi connectivity index (χ2v) is 5.64. The first-order chi connectivity index (χ1) is 9.24. The lowest BCUT2D eigenvalue weighted by atomic mass is 9.85. The Morgan fingerprint density at radius 1 is 1.26 bits per heavy atom. The van der Waals surface area contributed by atoms with Crippen molar-refractivity contribution in [1.29, 1.82) is 0 Å². The fourth-order valence-electron chi connectivity index (χ4n) is 2.98. The molecule has 1 N–H and O–H groups in total. The molecule has 1 aliphatic carbocycles. The van der Waals surface area contributed by atoms with Gasteiger partial charge in [0.15, 0.2) is 0 Å². The Morgan fingerprint density at radius 3 is 2.79 bits per heavy atom. The van der Waals surface area contributed by atoms with Crippen molar-refractivity contribution >= 4 is 0 Å². The molecule has 2 unspecified atom stereocenters. The van der Waals surface area contributed by atoms with Crippen molar-refractivity contribution in [3.63, 3.8) is 0 Å². The molecule has 1 fully saturated rings. The van der Waals surface area contributed by atoms with Gasteiger partial charge in [-0.1, -0.05) is 44.9 Å². The molecule has 1 aromatic rings. The summed E-state index contributed by atoms with van der Waals surface area (Å²) in [7, 11) is 0. The normalized spacial score (nSPS) is 25.0. The van der Waals surface area contributed by atoms with Gasteiger partial charge in [0.1, 0.15) is 5.75 Å². The second-order valence-electron chi connectivity index (χ2n) is 5.64. The van der Waals surface area contributed by atoms with Gasteiger partial charge in [0, 0.05) is 5.56 Å². The molecule has 19 heavy (non-hydrogen) atoms. The molecule has 0 amide bonds. The minimum absolute atomic E-state index is 0.323. The highest BCUT2D eigenvalue weighted by Gasteiger charge is 2.23. The van der Waals surface area contributed by atoms with Crippen molar-refractivity contribution in [2.75, 3.05) is 0 Å². The molecule has 2 rings (SSSR count). The summed E-state index contributed by atoms with van der Waals surface area (Å²) in [4.78, 5) is 0. The molecule has 106 valence electrons. The average molecular weight is 262 g/mol. The van der Waals surface area contributed by atoms with Gasteiger partial charge in [-0.25, -0.2) is 0 Å². The van der Waals surface area contributed by atoms with Crippen molar-refractivity contribution in [3.05, 3.63) is 29.8 Å². The van der Waals surface area contributed by atoms with E-state index < -0.39 is 6.10 Å². The zero-order valence-corrected chi connectivity index (χ0v) is 12.1. The van der Waals surface area contributed by atoms with Gasteiger partial charge in [-0.3, -0.25) is 0 Å². The summed E-state index contributed by atoms with van der Waals surface area (Å²) in [5, 5.41) is 10.1. The van der Waals surface area contributed by atoms with Crippen LogP contribution in [0.4, 0.5) is 0 Å². The van der Waals surface area contributed by atoms with E-state index in [9.17, 15) is 5.11 Å². The largest absolute Gasteiger partial charge is 0.490 e. The van der Waals surface area contributed by atoms with E-state index in [-0.39, 0.29) is 0 Å². The van der Waals surface area contributed by atoms with Crippen LogP contribution in [-0.4, -0.2) is 11.2 Å².